The lowest BCUT2D eigenvalue weighted by Gasteiger charge is -2.39. The largest absolute Gasteiger partial charge is 0.343 e. The Morgan fingerprint density at radius 3 is 2.12 bits per heavy atom. The molecule has 7 heteroatoms. The molecular formula is C17H34Cl2N4O. The Hall–Kier alpha value is -0.0700. The zero-order valence-electron chi connectivity index (χ0n) is 15.0. The summed E-state index contributed by atoms with van der Waals surface area (Å²) in [5.41, 5.74) is 0.507. The zero-order chi connectivity index (χ0) is 15.4. The van der Waals surface area contributed by atoms with Crippen LogP contribution < -0.4 is 5.32 Å². The van der Waals surface area contributed by atoms with Crippen molar-refractivity contribution in [2.24, 2.45) is 5.41 Å². The first kappa shape index (κ1) is 22.0. The van der Waals surface area contributed by atoms with Crippen LogP contribution in [0.25, 0.3) is 0 Å². The summed E-state index contributed by atoms with van der Waals surface area (Å²) < 4.78 is 0. The van der Waals surface area contributed by atoms with Gasteiger partial charge in [0.05, 0.1) is 0 Å². The molecule has 0 aromatic carbocycles. The summed E-state index contributed by atoms with van der Waals surface area (Å²) in [4.78, 5) is 19.5. The standard InChI is InChI=1S/C17H32N4O.2ClH/c1-2-19-11-13-20(14-12-19)8-3-16(22)21-9-5-17(6-10-21)4-7-18-15-17;;/h18H,2-15H2,1H3;2*1H. The molecule has 3 aliphatic heterocycles. The van der Waals surface area contributed by atoms with Crippen molar-refractivity contribution in [2.75, 3.05) is 65.4 Å². The molecule has 1 spiro atoms. The van der Waals surface area contributed by atoms with Crippen LogP contribution in [0.1, 0.15) is 32.6 Å². The average Bonchev–Trinajstić information content (AvgIpc) is 3.02. The highest BCUT2D eigenvalue weighted by atomic mass is 35.5. The number of carbonyl (C=O) groups excluding carboxylic acids is 1. The maximum absolute atomic E-state index is 12.4. The quantitative estimate of drug-likeness (QED) is 0.801. The number of rotatable bonds is 4. The van der Waals surface area contributed by atoms with Crippen LogP contribution in [0.4, 0.5) is 0 Å². The van der Waals surface area contributed by atoms with E-state index >= 15 is 0 Å². The van der Waals surface area contributed by atoms with Crippen LogP contribution >= 0.6 is 24.8 Å². The highest BCUT2D eigenvalue weighted by molar-refractivity contribution is 5.85. The lowest BCUT2D eigenvalue weighted by molar-refractivity contribution is -0.133. The number of likely N-dealkylation sites (tertiary alicyclic amines) is 1. The van der Waals surface area contributed by atoms with Gasteiger partial charge in [0.25, 0.3) is 0 Å². The number of amides is 1. The molecule has 3 fully saturated rings. The summed E-state index contributed by atoms with van der Waals surface area (Å²) in [6, 6.07) is 0. The normalized spacial score (nSPS) is 24.5. The second-order valence-corrected chi connectivity index (χ2v) is 7.33. The Kier molecular flexibility index (Phi) is 9.31. The molecule has 3 rings (SSSR count). The van der Waals surface area contributed by atoms with Gasteiger partial charge in [0.2, 0.25) is 5.91 Å². The number of hydrogen-bond acceptors (Lipinski definition) is 4. The van der Waals surface area contributed by atoms with Gasteiger partial charge in [0.15, 0.2) is 0 Å². The molecule has 1 amide bonds. The molecule has 0 radical (unpaired) electrons. The number of piperazine rings is 1. The van der Waals surface area contributed by atoms with Gasteiger partial charge in [-0.2, -0.15) is 0 Å². The molecule has 3 aliphatic rings. The van der Waals surface area contributed by atoms with Gasteiger partial charge >= 0.3 is 0 Å². The smallest absolute Gasteiger partial charge is 0.223 e. The van der Waals surface area contributed by atoms with Gasteiger partial charge in [-0.1, -0.05) is 6.92 Å². The number of likely N-dealkylation sites (N-methyl/N-ethyl adjacent to an activating group) is 1. The number of hydrogen-bond donors (Lipinski definition) is 1. The minimum atomic E-state index is 0. The zero-order valence-corrected chi connectivity index (χ0v) is 16.6. The molecule has 24 heavy (non-hydrogen) atoms. The number of carbonyl (C=O) groups is 1. The van der Waals surface area contributed by atoms with Gasteiger partial charge in [0, 0.05) is 58.8 Å². The first-order valence-corrected chi connectivity index (χ1v) is 9.14. The fraction of sp³-hybridized carbons (Fsp3) is 0.941. The van der Waals surface area contributed by atoms with Crippen molar-refractivity contribution in [1.29, 1.82) is 0 Å². The van der Waals surface area contributed by atoms with Gasteiger partial charge in [-0.25, -0.2) is 0 Å². The van der Waals surface area contributed by atoms with E-state index in [4.69, 9.17) is 0 Å². The Balaban J connectivity index is 0.00000144. The van der Waals surface area contributed by atoms with E-state index in [0.29, 0.717) is 17.7 Å². The van der Waals surface area contributed by atoms with Crippen molar-refractivity contribution in [2.45, 2.75) is 32.6 Å². The molecule has 0 aromatic rings. The van der Waals surface area contributed by atoms with Crippen LogP contribution in [0, 0.1) is 5.41 Å². The maximum Gasteiger partial charge on any atom is 0.223 e. The fourth-order valence-corrected chi connectivity index (χ4v) is 4.19. The first-order chi connectivity index (χ1) is 10.7. The van der Waals surface area contributed by atoms with E-state index in [2.05, 4.69) is 26.9 Å². The van der Waals surface area contributed by atoms with Crippen molar-refractivity contribution >= 4 is 30.7 Å². The topological polar surface area (TPSA) is 38.8 Å². The summed E-state index contributed by atoms with van der Waals surface area (Å²) in [5, 5.41) is 3.49. The molecule has 0 saturated carbocycles. The van der Waals surface area contributed by atoms with E-state index in [0.717, 1.165) is 65.4 Å². The Morgan fingerprint density at radius 2 is 1.58 bits per heavy atom. The van der Waals surface area contributed by atoms with Crippen molar-refractivity contribution in [3.63, 3.8) is 0 Å². The van der Waals surface area contributed by atoms with Gasteiger partial charge in [-0.15, -0.1) is 24.8 Å². The lowest BCUT2D eigenvalue weighted by Crippen LogP contribution is -2.48. The van der Waals surface area contributed by atoms with Crippen molar-refractivity contribution in [1.82, 2.24) is 20.0 Å². The molecule has 0 aliphatic carbocycles. The van der Waals surface area contributed by atoms with E-state index in [1.165, 1.54) is 19.3 Å². The van der Waals surface area contributed by atoms with E-state index < -0.39 is 0 Å². The number of nitrogens with one attached hydrogen (secondary N) is 1. The summed E-state index contributed by atoms with van der Waals surface area (Å²) in [6.07, 6.45) is 4.40. The van der Waals surface area contributed by atoms with Crippen LogP contribution in [0.15, 0.2) is 0 Å². The number of halogens is 2. The highest BCUT2D eigenvalue weighted by Gasteiger charge is 2.37. The van der Waals surface area contributed by atoms with Crippen molar-refractivity contribution in [3.8, 4) is 0 Å². The van der Waals surface area contributed by atoms with Crippen LogP contribution in [0.3, 0.4) is 0 Å². The fourth-order valence-electron chi connectivity index (χ4n) is 4.19. The summed E-state index contributed by atoms with van der Waals surface area (Å²) in [5.74, 6) is 0.374. The Bertz CT molecular complexity index is 373. The molecule has 0 bridgehead atoms. The Morgan fingerprint density at radius 1 is 0.958 bits per heavy atom. The monoisotopic (exact) mass is 380 g/mol. The third-order valence-corrected chi connectivity index (χ3v) is 6.06. The van der Waals surface area contributed by atoms with Crippen LogP contribution in [0.5, 0.6) is 0 Å². The molecule has 3 saturated heterocycles. The van der Waals surface area contributed by atoms with E-state index in [1.807, 2.05) is 0 Å². The molecular weight excluding hydrogens is 347 g/mol. The predicted molar refractivity (Wildman–Crippen MR) is 103 cm³/mol. The Labute approximate surface area is 159 Å². The summed E-state index contributed by atoms with van der Waals surface area (Å²) in [6.45, 7) is 13.2. The van der Waals surface area contributed by atoms with Gasteiger partial charge in [-0.05, 0) is 37.8 Å². The molecule has 0 unspecified atom stereocenters. The van der Waals surface area contributed by atoms with Crippen LogP contribution in [0.2, 0.25) is 0 Å². The molecule has 5 nitrogen and oxygen atoms in total. The molecule has 142 valence electrons. The molecule has 1 N–H and O–H groups in total. The minimum absolute atomic E-state index is 0. The third kappa shape index (κ3) is 5.46. The summed E-state index contributed by atoms with van der Waals surface area (Å²) in [7, 11) is 0. The molecule has 0 atom stereocenters. The maximum atomic E-state index is 12.4. The van der Waals surface area contributed by atoms with Gasteiger partial charge in [0.1, 0.15) is 0 Å². The summed E-state index contributed by atoms with van der Waals surface area (Å²) >= 11 is 0. The lowest BCUT2D eigenvalue weighted by atomic mass is 9.78. The van der Waals surface area contributed by atoms with E-state index in [9.17, 15) is 4.79 Å². The van der Waals surface area contributed by atoms with Crippen LogP contribution in [-0.4, -0.2) is 86.1 Å². The van der Waals surface area contributed by atoms with Gasteiger partial charge < -0.3 is 20.0 Å². The second-order valence-electron chi connectivity index (χ2n) is 7.33. The molecule has 3 heterocycles. The van der Waals surface area contributed by atoms with Crippen molar-refractivity contribution < 1.29 is 4.79 Å². The predicted octanol–water partition coefficient (Wildman–Crippen LogP) is 1.46. The molecule has 0 aromatic heterocycles. The number of nitrogens with zero attached hydrogens (tertiary/aromatic N) is 3. The van der Waals surface area contributed by atoms with E-state index in [1.54, 1.807) is 0 Å². The average molecular weight is 381 g/mol. The van der Waals surface area contributed by atoms with Gasteiger partial charge in [-0.3, -0.25) is 4.79 Å². The first-order valence-electron chi connectivity index (χ1n) is 9.14. The SMILES string of the molecule is CCN1CCN(CCC(=O)N2CCC3(CCNC3)CC2)CC1.Cl.Cl. The third-order valence-electron chi connectivity index (χ3n) is 6.06. The van der Waals surface area contributed by atoms with Crippen LogP contribution in [-0.2, 0) is 4.79 Å². The number of piperidine rings is 1. The highest BCUT2D eigenvalue weighted by Crippen LogP contribution is 2.36. The second kappa shape index (κ2) is 10.2. The van der Waals surface area contributed by atoms with Crippen molar-refractivity contribution in [3.05, 3.63) is 0 Å². The van der Waals surface area contributed by atoms with E-state index in [-0.39, 0.29) is 24.8 Å². The minimum Gasteiger partial charge on any atom is -0.343 e.